The molecule has 1 aromatic rings. The molecule has 0 unspecified atom stereocenters. The second kappa shape index (κ2) is 14.0. The predicted octanol–water partition coefficient (Wildman–Crippen LogP) is 2.83. The number of nitrogens with one attached hydrogen (secondary N) is 1. The number of halogens is 1. The average Bonchev–Trinajstić information content (AvgIpc) is 2.57. The number of methoxy groups -OCH3 is 2. The van der Waals surface area contributed by atoms with Crippen molar-refractivity contribution in [1.82, 2.24) is 5.32 Å². The quantitative estimate of drug-likeness (QED) is 0.228. The number of hydrogen-bond acceptors (Lipinski definition) is 4. The van der Waals surface area contributed by atoms with E-state index in [-0.39, 0.29) is 24.0 Å². The average molecular weight is 465 g/mol. The van der Waals surface area contributed by atoms with Gasteiger partial charge in [0.1, 0.15) is 0 Å². The molecule has 6 nitrogen and oxygen atoms in total. The van der Waals surface area contributed by atoms with Crippen LogP contribution in [-0.2, 0) is 11.2 Å². The van der Waals surface area contributed by atoms with Crippen molar-refractivity contribution in [2.45, 2.75) is 26.7 Å². The molecule has 0 aliphatic carbocycles. The standard InChI is InChI=1S/C18H31N3O3.HI/c1-14(2)13-24-11-5-9-20-18(19)21-10-8-15-6-7-16(22-3)17(12-15)23-4;/h6-7,12,14H,5,8-11,13H2,1-4H3,(H3,19,20,21);1H. The molecule has 7 heteroatoms. The van der Waals surface area contributed by atoms with Crippen LogP contribution in [0.2, 0.25) is 0 Å². The molecule has 0 bridgehead atoms. The van der Waals surface area contributed by atoms with E-state index in [1.54, 1.807) is 14.2 Å². The van der Waals surface area contributed by atoms with Gasteiger partial charge in [0.15, 0.2) is 17.5 Å². The van der Waals surface area contributed by atoms with Crippen molar-refractivity contribution in [3.63, 3.8) is 0 Å². The van der Waals surface area contributed by atoms with Crippen molar-refractivity contribution in [3.05, 3.63) is 23.8 Å². The third-order valence-corrected chi connectivity index (χ3v) is 3.35. The second-order valence-electron chi connectivity index (χ2n) is 5.96. The highest BCUT2D eigenvalue weighted by Gasteiger charge is 2.04. The maximum absolute atomic E-state index is 5.86. The summed E-state index contributed by atoms with van der Waals surface area (Å²) in [5, 5.41) is 3.12. The normalized spacial score (nSPS) is 11.2. The highest BCUT2D eigenvalue weighted by atomic mass is 127. The molecule has 0 fully saturated rings. The lowest BCUT2D eigenvalue weighted by Crippen LogP contribution is -2.33. The third kappa shape index (κ3) is 10.4. The van der Waals surface area contributed by atoms with E-state index in [9.17, 15) is 0 Å². The van der Waals surface area contributed by atoms with E-state index in [2.05, 4.69) is 24.2 Å². The van der Waals surface area contributed by atoms with E-state index in [4.69, 9.17) is 19.9 Å². The van der Waals surface area contributed by atoms with E-state index in [0.717, 1.165) is 43.1 Å². The SMILES string of the molecule is COc1ccc(CCNC(N)=NCCCOCC(C)C)cc1OC.I. The van der Waals surface area contributed by atoms with Gasteiger partial charge in [-0.2, -0.15) is 0 Å². The maximum Gasteiger partial charge on any atom is 0.188 e. The van der Waals surface area contributed by atoms with Crippen LogP contribution in [-0.4, -0.2) is 46.5 Å². The monoisotopic (exact) mass is 465 g/mol. The Labute approximate surface area is 168 Å². The van der Waals surface area contributed by atoms with Crippen LogP contribution in [0.3, 0.4) is 0 Å². The van der Waals surface area contributed by atoms with Crippen LogP contribution in [0, 0.1) is 5.92 Å². The molecular formula is C18H32IN3O3. The zero-order chi connectivity index (χ0) is 17.8. The molecule has 1 aromatic carbocycles. The highest BCUT2D eigenvalue weighted by molar-refractivity contribution is 14.0. The minimum atomic E-state index is 0. The Morgan fingerprint density at radius 3 is 2.56 bits per heavy atom. The Morgan fingerprint density at radius 1 is 1.20 bits per heavy atom. The third-order valence-electron chi connectivity index (χ3n) is 3.35. The number of aliphatic imine (C=N–C) groups is 1. The second-order valence-corrected chi connectivity index (χ2v) is 5.96. The Kier molecular flexibility index (Phi) is 13.3. The van der Waals surface area contributed by atoms with Crippen molar-refractivity contribution in [2.75, 3.05) is 40.5 Å². The number of nitrogens with two attached hydrogens (primary N) is 1. The fraction of sp³-hybridized carbons (Fsp3) is 0.611. The van der Waals surface area contributed by atoms with Crippen molar-refractivity contribution in [3.8, 4) is 11.5 Å². The van der Waals surface area contributed by atoms with Gasteiger partial charge in [0.25, 0.3) is 0 Å². The summed E-state index contributed by atoms with van der Waals surface area (Å²) >= 11 is 0. The number of nitrogens with zero attached hydrogens (tertiary/aromatic N) is 1. The van der Waals surface area contributed by atoms with Crippen molar-refractivity contribution >= 4 is 29.9 Å². The molecule has 0 aliphatic rings. The van der Waals surface area contributed by atoms with Gasteiger partial charge in [0, 0.05) is 26.3 Å². The summed E-state index contributed by atoms with van der Waals surface area (Å²) in [4.78, 5) is 4.29. The smallest absolute Gasteiger partial charge is 0.188 e. The molecule has 25 heavy (non-hydrogen) atoms. The van der Waals surface area contributed by atoms with Crippen LogP contribution in [0.25, 0.3) is 0 Å². The molecule has 0 atom stereocenters. The zero-order valence-corrected chi connectivity index (χ0v) is 18.0. The molecule has 0 spiro atoms. The van der Waals surface area contributed by atoms with Gasteiger partial charge < -0.3 is 25.3 Å². The van der Waals surface area contributed by atoms with Crippen LogP contribution in [0.1, 0.15) is 25.8 Å². The molecular weight excluding hydrogens is 433 g/mol. The summed E-state index contributed by atoms with van der Waals surface area (Å²) in [7, 11) is 3.26. The van der Waals surface area contributed by atoms with Crippen molar-refractivity contribution in [1.29, 1.82) is 0 Å². The Hall–Kier alpha value is -1.22. The predicted molar refractivity (Wildman–Crippen MR) is 113 cm³/mol. The van der Waals surface area contributed by atoms with Crippen LogP contribution in [0.15, 0.2) is 23.2 Å². The van der Waals surface area contributed by atoms with Gasteiger partial charge in [-0.3, -0.25) is 4.99 Å². The minimum absolute atomic E-state index is 0. The molecule has 0 heterocycles. The Bertz CT molecular complexity index is 510. The first-order valence-corrected chi connectivity index (χ1v) is 8.39. The fourth-order valence-corrected chi connectivity index (χ4v) is 2.11. The summed E-state index contributed by atoms with van der Waals surface area (Å²) in [6.45, 7) is 7.18. The summed E-state index contributed by atoms with van der Waals surface area (Å²) in [6, 6.07) is 5.89. The van der Waals surface area contributed by atoms with Gasteiger partial charge in [0.2, 0.25) is 0 Å². The molecule has 0 saturated heterocycles. The summed E-state index contributed by atoms with van der Waals surface area (Å²) in [6.07, 6.45) is 1.71. The summed E-state index contributed by atoms with van der Waals surface area (Å²) < 4.78 is 16.0. The van der Waals surface area contributed by atoms with Crippen LogP contribution >= 0.6 is 24.0 Å². The lowest BCUT2D eigenvalue weighted by Gasteiger charge is -2.10. The van der Waals surface area contributed by atoms with E-state index >= 15 is 0 Å². The number of ether oxygens (including phenoxy) is 3. The Balaban J connectivity index is 0.00000576. The van der Waals surface area contributed by atoms with Gasteiger partial charge >= 0.3 is 0 Å². The van der Waals surface area contributed by atoms with Gasteiger partial charge in [-0.15, -0.1) is 24.0 Å². The molecule has 0 amide bonds. The lowest BCUT2D eigenvalue weighted by atomic mass is 10.1. The lowest BCUT2D eigenvalue weighted by molar-refractivity contribution is 0.109. The zero-order valence-electron chi connectivity index (χ0n) is 15.7. The minimum Gasteiger partial charge on any atom is -0.493 e. The van der Waals surface area contributed by atoms with E-state index in [0.29, 0.717) is 25.0 Å². The summed E-state index contributed by atoms with van der Waals surface area (Å²) in [5.74, 6) is 2.50. The molecule has 0 radical (unpaired) electrons. The van der Waals surface area contributed by atoms with Gasteiger partial charge in [-0.1, -0.05) is 19.9 Å². The van der Waals surface area contributed by atoms with E-state index in [1.807, 2.05) is 18.2 Å². The molecule has 144 valence electrons. The first-order valence-electron chi connectivity index (χ1n) is 8.39. The first-order chi connectivity index (χ1) is 11.6. The van der Waals surface area contributed by atoms with Gasteiger partial charge in [0.05, 0.1) is 14.2 Å². The Morgan fingerprint density at radius 2 is 1.92 bits per heavy atom. The number of rotatable bonds is 11. The molecule has 0 aromatic heterocycles. The van der Waals surface area contributed by atoms with Crippen LogP contribution < -0.4 is 20.5 Å². The van der Waals surface area contributed by atoms with Crippen molar-refractivity contribution in [2.24, 2.45) is 16.6 Å². The topological polar surface area (TPSA) is 78.1 Å². The molecule has 3 N–H and O–H groups in total. The van der Waals surface area contributed by atoms with Gasteiger partial charge in [-0.05, 0) is 36.5 Å². The number of guanidine groups is 1. The summed E-state index contributed by atoms with van der Waals surface area (Å²) in [5.41, 5.74) is 7.00. The fourth-order valence-electron chi connectivity index (χ4n) is 2.11. The van der Waals surface area contributed by atoms with E-state index in [1.165, 1.54) is 0 Å². The van der Waals surface area contributed by atoms with Gasteiger partial charge in [-0.25, -0.2) is 0 Å². The highest BCUT2D eigenvalue weighted by Crippen LogP contribution is 2.27. The molecule has 0 saturated carbocycles. The van der Waals surface area contributed by atoms with Crippen LogP contribution in [0.4, 0.5) is 0 Å². The first kappa shape index (κ1) is 23.8. The number of benzene rings is 1. The number of hydrogen-bond donors (Lipinski definition) is 2. The maximum atomic E-state index is 5.86. The molecule has 1 rings (SSSR count). The molecule has 0 aliphatic heterocycles. The van der Waals surface area contributed by atoms with E-state index < -0.39 is 0 Å². The van der Waals surface area contributed by atoms with Crippen molar-refractivity contribution < 1.29 is 14.2 Å². The largest absolute Gasteiger partial charge is 0.493 e. The van der Waals surface area contributed by atoms with Crippen LogP contribution in [0.5, 0.6) is 11.5 Å².